The Hall–Kier alpha value is -0.940. The molecule has 1 aliphatic carbocycles. The molecule has 0 aliphatic heterocycles. The first-order chi connectivity index (χ1) is 8.72. The molecule has 1 heterocycles. The van der Waals surface area contributed by atoms with Gasteiger partial charge in [-0.1, -0.05) is 13.8 Å². The average Bonchev–Trinajstić information content (AvgIpc) is 2.77. The van der Waals surface area contributed by atoms with E-state index in [0.717, 1.165) is 30.9 Å². The summed E-state index contributed by atoms with van der Waals surface area (Å²) in [7, 11) is 0. The largest absolute Gasteiger partial charge is 0.314 e. The molecule has 100 valence electrons. The Labute approximate surface area is 112 Å². The number of nitrogens with one attached hydrogen (secondary N) is 2. The number of nitrogens with zero attached hydrogens (tertiary/aromatic N) is 1. The third-order valence-electron chi connectivity index (χ3n) is 3.19. The minimum Gasteiger partial charge on any atom is -0.314 e. The van der Waals surface area contributed by atoms with Crippen molar-refractivity contribution in [3.05, 3.63) is 10.6 Å². The van der Waals surface area contributed by atoms with E-state index in [9.17, 15) is 4.79 Å². The molecule has 1 atom stereocenters. The molecule has 1 unspecified atom stereocenters. The Kier molecular flexibility index (Phi) is 4.72. The van der Waals surface area contributed by atoms with Crippen LogP contribution < -0.4 is 10.6 Å². The van der Waals surface area contributed by atoms with Crippen LogP contribution in [0.25, 0.3) is 0 Å². The summed E-state index contributed by atoms with van der Waals surface area (Å²) in [4.78, 5) is 17.2. The van der Waals surface area contributed by atoms with E-state index < -0.39 is 0 Å². The van der Waals surface area contributed by atoms with Gasteiger partial charge in [0.05, 0.1) is 5.69 Å². The summed E-state index contributed by atoms with van der Waals surface area (Å²) < 4.78 is 0. The topological polar surface area (TPSA) is 54.0 Å². The van der Waals surface area contributed by atoms with Gasteiger partial charge in [0.2, 0.25) is 5.91 Å². The van der Waals surface area contributed by atoms with Gasteiger partial charge in [-0.2, -0.15) is 0 Å². The summed E-state index contributed by atoms with van der Waals surface area (Å²) in [6.45, 7) is 5.12. The van der Waals surface area contributed by atoms with Gasteiger partial charge in [0.1, 0.15) is 0 Å². The van der Waals surface area contributed by atoms with Gasteiger partial charge < -0.3 is 10.6 Å². The lowest BCUT2D eigenvalue weighted by Crippen LogP contribution is -2.34. The fourth-order valence-corrected chi connectivity index (χ4v) is 3.26. The third kappa shape index (κ3) is 3.29. The first kappa shape index (κ1) is 13.5. The predicted octanol–water partition coefficient (Wildman–Crippen LogP) is 2.35. The van der Waals surface area contributed by atoms with Crippen LogP contribution in [0.4, 0.5) is 5.13 Å². The maximum Gasteiger partial charge on any atom is 0.225 e. The average molecular weight is 267 g/mol. The zero-order valence-electron chi connectivity index (χ0n) is 11.1. The summed E-state index contributed by atoms with van der Waals surface area (Å²) in [5, 5.41) is 7.19. The summed E-state index contributed by atoms with van der Waals surface area (Å²) >= 11 is 1.63. The molecule has 4 nitrogen and oxygen atoms in total. The Bertz CT molecular complexity index is 416. The Morgan fingerprint density at radius 3 is 3.06 bits per heavy atom. The van der Waals surface area contributed by atoms with Crippen molar-refractivity contribution in [3.8, 4) is 0 Å². The number of hydrogen-bond donors (Lipinski definition) is 2. The second kappa shape index (κ2) is 6.29. The monoisotopic (exact) mass is 267 g/mol. The van der Waals surface area contributed by atoms with Crippen molar-refractivity contribution in [1.82, 2.24) is 10.3 Å². The van der Waals surface area contributed by atoms with Gasteiger partial charge in [-0.25, -0.2) is 4.98 Å². The highest BCUT2D eigenvalue weighted by atomic mass is 32.1. The Morgan fingerprint density at radius 2 is 2.33 bits per heavy atom. The number of carbonyl (C=O) groups is 1. The summed E-state index contributed by atoms with van der Waals surface area (Å²) in [6, 6.07) is 0.577. The number of aryl methyl sites for hydroxylation is 1. The second-order valence-electron chi connectivity index (χ2n) is 4.68. The molecule has 0 bridgehead atoms. The van der Waals surface area contributed by atoms with Crippen molar-refractivity contribution in [3.63, 3.8) is 0 Å². The van der Waals surface area contributed by atoms with E-state index in [-0.39, 0.29) is 5.91 Å². The van der Waals surface area contributed by atoms with Crippen LogP contribution in [0, 0.1) is 0 Å². The molecule has 5 heteroatoms. The summed E-state index contributed by atoms with van der Waals surface area (Å²) in [6.07, 6.45) is 4.90. The number of thiazole rings is 1. The highest BCUT2D eigenvalue weighted by molar-refractivity contribution is 7.15. The molecule has 1 amide bonds. The van der Waals surface area contributed by atoms with Gasteiger partial charge in [-0.05, 0) is 32.2 Å². The van der Waals surface area contributed by atoms with E-state index in [4.69, 9.17) is 0 Å². The van der Waals surface area contributed by atoms with E-state index >= 15 is 0 Å². The Balaban J connectivity index is 1.97. The number of fused-ring (bicyclic) bond motifs is 1. The fourth-order valence-electron chi connectivity index (χ4n) is 2.16. The van der Waals surface area contributed by atoms with E-state index in [0.29, 0.717) is 12.5 Å². The number of hydrogen-bond acceptors (Lipinski definition) is 4. The standard InChI is InChI=1S/C13H21N3OS/c1-3-7-14-9-5-6-10-11(8-9)18-13(15-10)16-12(17)4-2/h9,14H,3-8H2,1-2H3,(H,15,16,17). The number of carbonyl (C=O) groups excluding carboxylic acids is 1. The van der Waals surface area contributed by atoms with Crippen LogP contribution in [0.5, 0.6) is 0 Å². The van der Waals surface area contributed by atoms with Crippen LogP contribution in [0.1, 0.15) is 43.7 Å². The fraction of sp³-hybridized carbons (Fsp3) is 0.692. The lowest BCUT2D eigenvalue weighted by atomic mass is 9.98. The maximum atomic E-state index is 11.3. The molecule has 18 heavy (non-hydrogen) atoms. The van der Waals surface area contributed by atoms with Crippen LogP contribution >= 0.6 is 11.3 Å². The highest BCUT2D eigenvalue weighted by Crippen LogP contribution is 2.29. The molecule has 1 aromatic rings. The molecule has 0 fully saturated rings. The molecule has 0 radical (unpaired) electrons. The summed E-state index contributed by atoms with van der Waals surface area (Å²) in [5.41, 5.74) is 1.18. The quantitative estimate of drug-likeness (QED) is 0.861. The minimum absolute atomic E-state index is 0.0433. The molecular formula is C13H21N3OS. The lowest BCUT2D eigenvalue weighted by Gasteiger charge is -2.21. The minimum atomic E-state index is 0.0433. The smallest absolute Gasteiger partial charge is 0.225 e. The van der Waals surface area contributed by atoms with Crippen molar-refractivity contribution in [2.75, 3.05) is 11.9 Å². The SMILES string of the molecule is CCCNC1CCc2nc(NC(=O)CC)sc2C1. The maximum absolute atomic E-state index is 11.3. The van der Waals surface area contributed by atoms with E-state index in [2.05, 4.69) is 22.5 Å². The van der Waals surface area contributed by atoms with Crippen molar-refractivity contribution in [2.45, 2.75) is 52.0 Å². The first-order valence-corrected chi connectivity index (χ1v) is 7.56. The van der Waals surface area contributed by atoms with Crippen LogP contribution in [-0.2, 0) is 17.6 Å². The zero-order chi connectivity index (χ0) is 13.0. The number of amides is 1. The number of anilines is 1. The molecular weight excluding hydrogens is 246 g/mol. The van der Waals surface area contributed by atoms with Crippen LogP contribution in [-0.4, -0.2) is 23.5 Å². The molecule has 0 saturated heterocycles. The molecule has 1 aromatic heterocycles. The van der Waals surface area contributed by atoms with Crippen LogP contribution in [0.3, 0.4) is 0 Å². The van der Waals surface area contributed by atoms with Crippen LogP contribution in [0.15, 0.2) is 0 Å². The second-order valence-corrected chi connectivity index (χ2v) is 5.77. The van der Waals surface area contributed by atoms with Crippen molar-refractivity contribution in [2.24, 2.45) is 0 Å². The number of aromatic nitrogens is 1. The third-order valence-corrected chi connectivity index (χ3v) is 4.23. The molecule has 0 spiro atoms. The molecule has 1 aliphatic rings. The van der Waals surface area contributed by atoms with Gasteiger partial charge in [-0.3, -0.25) is 4.79 Å². The Morgan fingerprint density at radius 1 is 1.50 bits per heavy atom. The van der Waals surface area contributed by atoms with Gasteiger partial charge in [0, 0.05) is 17.3 Å². The number of rotatable bonds is 5. The predicted molar refractivity (Wildman–Crippen MR) is 75.1 cm³/mol. The molecule has 2 N–H and O–H groups in total. The first-order valence-electron chi connectivity index (χ1n) is 6.74. The molecule has 2 rings (SSSR count). The molecule has 0 aromatic carbocycles. The normalized spacial score (nSPS) is 18.4. The zero-order valence-corrected chi connectivity index (χ0v) is 11.9. The molecule has 0 saturated carbocycles. The van der Waals surface area contributed by atoms with Gasteiger partial charge in [0.25, 0.3) is 0 Å². The van der Waals surface area contributed by atoms with Gasteiger partial charge >= 0.3 is 0 Å². The van der Waals surface area contributed by atoms with Crippen molar-refractivity contribution in [1.29, 1.82) is 0 Å². The van der Waals surface area contributed by atoms with Crippen molar-refractivity contribution >= 4 is 22.4 Å². The van der Waals surface area contributed by atoms with Crippen molar-refractivity contribution < 1.29 is 4.79 Å². The van der Waals surface area contributed by atoms with Crippen LogP contribution in [0.2, 0.25) is 0 Å². The van der Waals surface area contributed by atoms with Gasteiger partial charge in [0.15, 0.2) is 5.13 Å². The van der Waals surface area contributed by atoms with E-state index in [1.54, 1.807) is 11.3 Å². The highest BCUT2D eigenvalue weighted by Gasteiger charge is 2.22. The van der Waals surface area contributed by atoms with E-state index in [1.807, 2.05) is 6.92 Å². The lowest BCUT2D eigenvalue weighted by molar-refractivity contribution is -0.115. The van der Waals surface area contributed by atoms with Gasteiger partial charge in [-0.15, -0.1) is 11.3 Å². The van der Waals surface area contributed by atoms with E-state index in [1.165, 1.54) is 17.0 Å². The summed E-state index contributed by atoms with van der Waals surface area (Å²) in [5.74, 6) is 0.0433.